The maximum Gasteiger partial charge on any atom is 0.271 e. The number of nitrogens with zero attached hydrogens (tertiary/aromatic N) is 3. The van der Waals surface area contributed by atoms with Gasteiger partial charge >= 0.3 is 0 Å². The van der Waals surface area contributed by atoms with Crippen LogP contribution in [0.5, 0.6) is 0 Å². The predicted molar refractivity (Wildman–Crippen MR) is 90.9 cm³/mol. The number of rotatable bonds is 8. The van der Waals surface area contributed by atoms with Gasteiger partial charge in [-0.3, -0.25) is 14.5 Å². The molecule has 1 unspecified atom stereocenters. The Morgan fingerprint density at radius 1 is 1.38 bits per heavy atom. The van der Waals surface area contributed by atoms with E-state index in [9.17, 15) is 9.59 Å². The van der Waals surface area contributed by atoms with E-state index in [0.717, 1.165) is 18.6 Å². The first kappa shape index (κ1) is 17.9. The second-order valence-corrected chi connectivity index (χ2v) is 5.84. The zero-order chi connectivity index (χ0) is 17.5. The van der Waals surface area contributed by atoms with Crippen LogP contribution in [0.4, 0.5) is 0 Å². The normalized spacial score (nSPS) is 12.3. The number of amides is 1. The summed E-state index contributed by atoms with van der Waals surface area (Å²) in [5.74, 6) is 0.472. The first-order chi connectivity index (χ1) is 11.5. The van der Waals surface area contributed by atoms with Gasteiger partial charge in [0.25, 0.3) is 11.5 Å². The fourth-order valence-corrected chi connectivity index (χ4v) is 2.34. The topological polar surface area (TPSA) is 80.4 Å². The summed E-state index contributed by atoms with van der Waals surface area (Å²) in [6, 6.07) is 6.46. The highest BCUT2D eigenvalue weighted by atomic mass is 16.3. The molecule has 2 rings (SSSR count). The van der Waals surface area contributed by atoms with Gasteiger partial charge in [0, 0.05) is 19.2 Å². The first-order valence-electron chi connectivity index (χ1n) is 8.09. The summed E-state index contributed by atoms with van der Waals surface area (Å²) in [5, 5.41) is 7.00. The monoisotopic (exact) mass is 332 g/mol. The van der Waals surface area contributed by atoms with E-state index in [1.54, 1.807) is 6.26 Å². The third-order valence-electron chi connectivity index (χ3n) is 3.77. The van der Waals surface area contributed by atoms with Gasteiger partial charge in [-0.25, -0.2) is 4.68 Å². The molecule has 130 valence electrons. The molecule has 0 aliphatic rings. The van der Waals surface area contributed by atoms with Gasteiger partial charge in [-0.05, 0) is 38.7 Å². The third kappa shape index (κ3) is 4.55. The highest BCUT2D eigenvalue weighted by Gasteiger charge is 2.19. The van der Waals surface area contributed by atoms with Crippen LogP contribution in [0.2, 0.25) is 0 Å². The van der Waals surface area contributed by atoms with Crippen LogP contribution < -0.4 is 10.9 Å². The summed E-state index contributed by atoms with van der Waals surface area (Å²) in [5.41, 5.74) is 0.0457. The first-order valence-corrected chi connectivity index (χ1v) is 8.09. The van der Waals surface area contributed by atoms with Crippen molar-refractivity contribution in [2.45, 2.75) is 32.4 Å². The number of carbonyl (C=O) groups is 1. The number of aromatic nitrogens is 2. The second kappa shape index (κ2) is 8.44. The SMILES string of the molecule is CCCCn1nc(C(=O)NCC(c2ccco2)N(C)C)ccc1=O. The van der Waals surface area contributed by atoms with E-state index in [1.165, 1.54) is 16.8 Å². The Morgan fingerprint density at radius 3 is 2.79 bits per heavy atom. The van der Waals surface area contributed by atoms with E-state index in [1.807, 2.05) is 38.1 Å². The summed E-state index contributed by atoms with van der Waals surface area (Å²) in [6.45, 7) is 2.94. The zero-order valence-corrected chi connectivity index (χ0v) is 14.4. The van der Waals surface area contributed by atoms with E-state index < -0.39 is 0 Å². The zero-order valence-electron chi connectivity index (χ0n) is 14.4. The van der Waals surface area contributed by atoms with Gasteiger partial charge in [0.15, 0.2) is 0 Å². The predicted octanol–water partition coefficient (Wildman–Crippen LogP) is 1.67. The quantitative estimate of drug-likeness (QED) is 0.795. The van der Waals surface area contributed by atoms with E-state index in [4.69, 9.17) is 4.42 Å². The minimum atomic E-state index is -0.307. The molecule has 2 aromatic rings. The van der Waals surface area contributed by atoms with Crippen LogP contribution in [-0.2, 0) is 6.54 Å². The number of furan rings is 1. The summed E-state index contributed by atoms with van der Waals surface area (Å²) in [6.07, 6.45) is 3.41. The molecule has 0 fully saturated rings. The van der Waals surface area contributed by atoms with Crippen molar-refractivity contribution in [2.24, 2.45) is 0 Å². The maximum atomic E-state index is 12.3. The van der Waals surface area contributed by atoms with Crippen molar-refractivity contribution in [2.75, 3.05) is 20.6 Å². The van der Waals surface area contributed by atoms with Gasteiger partial charge in [0.1, 0.15) is 11.5 Å². The number of hydrogen-bond donors (Lipinski definition) is 1. The number of unbranched alkanes of at least 4 members (excludes halogenated alkanes) is 1. The van der Waals surface area contributed by atoms with Crippen molar-refractivity contribution in [3.63, 3.8) is 0 Å². The van der Waals surface area contributed by atoms with Crippen LogP contribution in [-0.4, -0.2) is 41.2 Å². The molecule has 24 heavy (non-hydrogen) atoms. The van der Waals surface area contributed by atoms with Crippen LogP contribution >= 0.6 is 0 Å². The molecule has 0 spiro atoms. The van der Waals surface area contributed by atoms with Crippen LogP contribution in [0, 0.1) is 0 Å². The van der Waals surface area contributed by atoms with E-state index in [-0.39, 0.29) is 23.2 Å². The Hall–Kier alpha value is -2.41. The largest absolute Gasteiger partial charge is 0.468 e. The standard InChI is InChI=1S/C17H24N4O3/c1-4-5-10-21-16(22)9-8-13(19-21)17(23)18-12-14(20(2)3)15-7-6-11-24-15/h6-9,11,14H,4-5,10,12H2,1-3H3,(H,18,23). The Labute approximate surface area is 141 Å². The summed E-state index contributed by atoms with van der Waals surface area (Å²) >= 11 is 0. The average Bonchev–Trinajstić information content (AvgIpc) is 3.08. The van der Waals surface area contributed by atoms with Crippen LogP contribution in [0.3, 0.4) is 0 Å². The number of likely N-dealkylation sites (N-methyl/N-ethyl adjacent to an activating group) is 1. The van der Waals surface area contributed by atoms with Crippen LogP contribution in [0.25, 0.3) is 0 Å². The van der Waals surface area contributed by atoms with Crippen LogP contribution in [0.1, 0.15) is 42.1 Å². The molecule has 2 heterocycles. The summed E-state index contributed by atoms with van der Waals surface area (Å²) in [4.78, 5) is 26.1. The van der Waals surface area contributed by atoms with Crippen molar-refractivity contribution in [1.29, 1.82) is 0 Å². The molecule has 0 saturated heterocycles. The van der Waals surface area contributed by atoms with Gasteiger partial charge in [-0.1, -0.05) is 13.3 Å². The van der Waals surface area contributed by atoms with E-state index in [0.29, 0.717) is 13.1 Å². The summed E-state index contributed by atoms with van der Waals surface area (Å²) < 4.78 is 6.76. The molecular formula is C17H24N4O3. The van der Waals surface area contributed by atoms with Crippen LogP contribution in [0.15, 0.2) is 39.7 Å². The highest BCUT2D eigenvalue weighted by Crippen LogP contribution is 2.17. The Balaban J connectivity index is 2.05. The van der Waals surface area contributed by atoms with Gasteiger partial charge in [-0.15, -0.1) is 0 Å². The molecule has 0 aliphatic carbocycles. The lowest BCUT2D eigenvalue weighted by atomic mass is 10.2. The molecule has 0 bridgehead atoms. The lowest BCUT2D eigenvalue weighted by molar-refractivity contribution is 0.0931. The average molecular weight is 332 g/mol. The van der Waals surface area contributed by atoms with E-state index >= 15 is 0 Å². The molecule has 0 radical (unpaired) electrons. The fourth-order valence-electron chi connectivity index (χ4n) is 2.34. The highest BCUT2D eigenvalue weighted by molar-refractivity contribution is 5.92. The molecular weight excluding hydrogens is 308 g/mol. The lowest BCUT2D eigenvalue weighted by Gasteiger charge is -2.22. The second-order valence-electron chi connectivity index (χ2n) is 5.84. The molecule has 1 N–H and O–H groups in total. The molecule has 1 atom stereocenters. The molecule has 2 aromatic heterocycles. The van der Waals surface area contributed by atoms with Gasteiger partial charge in [0.2, 0.25) is 0 Å². The lowest BCUT2D eigenvalue weighted by Crippen LogP contribution is -2.36. The molecule has 0 aliphatic heterocycles. The Kier molecular flexibility index (Phi) is 6.31. The summed E-state index contributed by atoms with van der Waals surface area (Å²) in [7, 11) is 3.84. The van der Waals surface area contributed by atoms with Gasteiger partial charge in [0.05, 0.1) is 12.3 Å². The van der Waals surface area contributed by atoms with Crippen molar-refractivity contribution >= 4 is 5.91 Å². The number of nitrogens with one attached hydrogen (secondary N) is 1. The Bertz CT molecular complexity index is 707. The molecule has 7 nitrogen and oxygen atoms in total. The number of carbonyl (C=O) groups excluding carboxylic acids is 1. The Morgan fingerprint density at radius 2 is 2.17 bits per heavy atom. The van der Waals surface area contributed by atoms with Gasteiger partial charge in [-0.2, -0.15) is 5.10 Å². The molecule has 0 saturated carbocycles. The molecule has 1 amide bonds. The van der Waals surface area contributed by atoms with Crippen molar-refractivity contribution < 1.29 is 9.21 Å². The maximum absolute atomic E-state index is 12.3. The van der Waals surface area contributed by atoms with Gasteiger partial charge < -0.3 is 9.73 Å². The minimum absolute atomic E-state index is 0.0741. The van der Waals surface area contributed by atoms with E-state index in [2.05, 4.69) is 10.4 Å². The van der Waals surface area contributed by atoms with Crippen molar-refractivity contribution in [3.05, 3.63) is 52.3 Å². The molecule has 7 heteroatoms. The van der Waals surface area contributed by atoms with Crippen molar-refractivity contribution in [1.82, 2.24) is 20.0 Å². The number of hydrogen-bond acceptors (Lipinski definition) is 5. The van der Waals surface area contributed by atoms with Crippen molar-refractivity contribution in [3.8, 4) is 0 Å². The molecule has 0 aromatic carbocycles. The fraction of sp³-hybridized carbons (Fsp3) is 0.471. The number of aryl methyl sites for hydroxylation is 1. The smallest absolute Gasteiger partial charge is 0.271 e. The minimum Gasteiger partial charge on any atom is -0.468 e. The third-order valence-corrected chi connectivity index (χ3v) is 3.77.